The third kappa shape index (κ3) is 3.27. The predicted octanol–water partition coefficient (Wildman–Crippen LogP) is 3.03. The summed E-state index contributed by atoms with van der Waals surface area (Å²) in [6.07, 6.45) is 3.94. The second kappa shape index (κ2) is 6.42. The Bertz CT molecular complexity index is 538. The summed E-state index contributed by atoms with van der Waals surface area (Å²) in [6.45, 7) is 5.27. The van der Waals surface area contributed by atoms with E-state index < -0.39 is 0 Å². The van der Waals surface area contributed by atoms with Crippen molar-refractivity contribution in [3.8, 4) is 0 Å². The maximum atomic E-state index is 11.0. The Morgan fingerprint density at radius 2 is 2.14 bits per heavy atom. The summed E-state index contributed by atoms with van der Waals surface area (Å²) in [6, 6.07) is 5.97. The van der Waals surface area contributed by atoms with Gasteiger partial charge in [0.1, 0.15) is 0 Å². The van der Waals surface area contributed by atoms with Crippen LogP contribution in [0.25, 0.3) is 0 Å². The van der Waals surface area contributed by atoms with E-state index in [0.29, 0.717) is 10.5 Å². The van der Waals surface area contributed by atoms with Gasteiger partial charge in [0.05, 0.1) is 9.40 Å². The van der Waals surface area contributed by atoms with E-state index in [1.54, 1.807) is 12.1 Å². The van der Waals surface area contributed by atoms with Crippen LogP contribution in [-0.2, 0) is 6.54 Å². The van der Waals surface area contributed by atoms with Crippen LogP contribution in [0.15, 0.2) is 22.7 Å². The quantitative estimate of drug-likeness (QED) is 0.619. The van der Waals surface area contributed by atoms with Crippen LogP contribution in [0.3, 0.4) is 0 Å². The lowest BCUT2D eigenvalue weighted by molar-refractivity contribution is -0.385. The highest BCUT2D eigenvalue weighted by Gasteiger charge is 2.29. The van der Waals surface area contributed by atoms with E-state index in [0.717, 1.165) is 31.7 Å². The van der Waals surface area contributed by atoms with Crippen LogP contribution in [0.1, 0.15) is 24.8 Å². The van der Waals surface area contributed by atoms with Crippen LogP contribution in [0, 0.1) is 10.1 Å². The minimum Gasteiger partial charge on any atom is -0.298 e. The Balaban J connectivity index is 1.69. The molecule has 1 atom stereocenters. The van der Waals surface area contributed by atoms with Gasteiger partial charge in [0.15, 0.2) is 0 Å². The number of nitro groups is 1. The minimum atomic E-state index is -0.327. The Labute approximate surface area is 133 Å². The number of piperazine rings is 1. The Morgan fingerprint density at radius 3 is 2.95 bits per heavy atom. The van der Waals surface area contributed by atoms with Gasteiger partial charge in [0, 0.05) is 38.3 Å². The molecule has 2 aliphatic rings. The van der Waals surface area contributed by atoms with Crippen molar-refractivity contribution < 1.29 is 4.92 Å². The molecule has 2 heterocycles. The second-order valence-electron chi connectivity index (χ2n) is 5.93. The van der Waals surface area contributed by atoms with Crippen molar-refractivity contribution in [2.45, 2.75) is 31.8 Å². The van der Waals surface area contributed by atoms with Crippen molar-refractivity contribution in [1.29, 1.82) is 0 Å². The first-order valence-electron chi connectivity index (χ1n) is 7.53. The van der Waals surface area contributed by atoms with Crippen molar-refractivity contribution in [3.63, 3.8) is 0 Å². The van der Waals surface area contributed by atoms with Crippen molar-refractivity contribution in [2.75, 3.05) is 26.2 Å². The van der Waals surface area contributed by atoms with Gasteiger partial charge in [-0.25, -0.2) is 0 Å². The van der Waals surface area contributed by atoms with E-state index in [1.165, 1.54) is 25.8 Å². The first-order chi connectivity index (χ1) is 10.1. The second-order valence-corrected chi connectivity index (χ2v) is 6.72. The zero-order valence-electron chi connectivity index (χ0n) is 12.0. The normalized spacial score (nSPS) is 23.8. The van der Waals surface area contributed by atoms with Crippen molar-refractivity contribution >= 4 is 21.6 Å². The molecule has 1 unspecified atom stereocenters. The number of halogens is 1. The molecule has 21 heavy (non-hydrogen) atoms. The van der Waals surface area contributed by atoms with E-state index in [-0.39, 0.29) is 10.6 Å². The molecule has 0 radical (unpaired) electrons. The Morgan fingerprint density at radius 1 is 1.29 bits per heavy atom. The molecule has 2 aliphatic heterocycles. The van der Waals surface area contributed by atoms with Crippen LogP contribution in [0.5, 0.6) is 0 Å². The highest BCUT2D eigenvalue weighted by Crippen LogP contribution is 2.30. The van der Waals surface area contributed by atoms with Gasteiger partial charge in [-0.3, -0.25) is 19.9 Å². The summed E-state index contributed by atoms with van der Waals surface area (Å²) in [7, 11) is 0. The van der Waals surface area contributed by atoms with Crippen LogP contribution >= 0.6 is 15.9 Å². The average Bonchev–Trinajstić information content (AvgIpc) is 2.49. The van der Waals surface area contributed by atoms with Gasteiger partial charge in [0.2, 0.25) is 0 Å². The number of hydrogen-bond acceptors (Lipinski definition) is 4. The summed E-state index contributed by atoms with van der Waals surface area (Å²) in [5.74, 6) is 0. The summed E-state index contributed by atoms with van der Waals surface area (Å²) in [4.78, 5) is 15.7. The number of nitrogens with zero attached hydrogens (tertiary/aromatic N) is 3. The van der Waals surface area contributed by atoms with Crippen molar-refractivity contribution in [3.05, 3.63) is 38.3 Å². The number of piperidine rings is 1. The monoisotopic (exact) mass is 353 g/mol. The lowest BCUT2D eigenvalue weighted by atomic mass is 9.99. The number of hydrogen-bond donors (Lipinski definition) is 0. The molecule has 0 saturated carbocycles. The first-order valence-corrected chi connectivity index (χ1v) is 8.32. The molecule has 3 rings (SSSR count). The van der Waals surface area contributed by atoms with Gasteiger partial charge in [-0.15, -0.1) is 0 Å². The smallest absolute Gasteiger partial charge is 0.283 e. The van der Waals surface area contributed by atoms with Gasteiger partial charge in [0.25, 0.3) is 5.69 Å². The summed E-state index contributed by atoms with van der Waals surface area (Å²) in [5, 5.41) is 11.0. The SMILES string of the molecule is O=[N+]([O-])c1cccc(CN2CCN3CCCCC3C2)c1Br. The molecule has 0 aromatic heterocycles. The molecular weight excluding hydrogens is 334 g/mol. The molecule has 6 heteroatoms. The van der Waals surface area contributed by atoms with E-state index in [9.17, 15) is 10.1 Å². The van der Waals surface area contributed by atoms with Crippen molar-refractivity contribution in [1.82, 2.24) is 9.80 Å². The van der Waals surface area contributed by atoms with Crippen LogP contribution < -0.4 is 0 Å². The number of benzene rings is 1. The van der Waals surface area contributed by atoms with Gasteiger partial charge < -0.3 is 0 Å². The molecular formula is C15H20BrN3O2. The number of nitro benzene ring substituents is 1. The molecule has 114 valence electrons. The summed E-state index contributed by atoms with van der Waals surface area (Å²) < 4.78 is 0.626. The largest absolute Gasteiger partial charge is 0.298 e. The lowest BCUT2D eigenvalue weighted by Gasteiger charge is -2.44. The molecule has 0 bridgehead atoms. The topological polar surface area (TPSA) is 49.6 Å². The predicted molar refractivity (Wildman–Crippen MR) is 85.3 cm³/mol. The zero-order valence-corrected chi connectivity index (χ0v) is 13.6. The van der Waals surface area contributed by atoms with Crippen molar-refractivity contribution in [2.24, 2.45) is 0 Å². The van der Waals surface area contributed by atoms with Gasteiger partial charge in [-0.1, -0.05) is 18.6 Å². The molecule has 0 aliphatic carbocycles. The summed E-state index contributed by atoms with van der Waals surface area (Å²) in [5.41, 5.74) is 1.16. The minimum absolute atomic E-state index is 0.156. The number of rotatable bonds is 3. The Kier molecular flexibility index (Phi) is 4.57. The molecule has 0 amide bonds. The maximum Gasteiger partial charge on any atom is 0.283 e. The Hall–Kier alpha value is -0.980. The molecule has 0 N–H and O–H groups in total. The maximum absolute atomic E-state index is 11.0. The van der Waals surface area contributed by atoms with E-state index in [4.69, 9.17) is 0 Å². The fourth-order valence-corrected chi connectivity index (χ4v) is 3.97. The van der Waals surface area contributed by atoms with E-state index >= 15 is 0 Å². The molecule has 0 spiro atoms. The first kappa shape index (κ1) is 14.9. The van der Waals surface area contributed by atoms with Gasteiger partial charge >= 0.3 is 0 Å². The molecule has 5 nitrogen and oxygen atoms in total. The average molecular weight is 354 g/mol. The van der Waals surface area contributed by atoms with Crippen LogP contribution in [0.2, 0.25) is 0 Å². The standard InChI is InChI=1S/C15H20BrN3O2/c16-15-12(4-3-6-14(15)19(20)21)10-17-8-9-18-7-2-1-5-13(18)11-17/h3-4,6,13H,1-2,5,7-11H2. The highest BCUT2D eigenvalue weighted by molar-refractivity contribution is 9.10. The van der Waals surface area contributed by atoms with Crippen LogP contribution in [0.4, 0.5) is 5.69 Å². The molecule has 2 saturated heterocycles. The fourth-order valence-electron chi connectivity index (χ4n) is 3.43. The fraction of sp³-hybridized carbons (Fsp3) is 0.600. The van der Waals surface area contributed by atoms with Crippen LogP contribution in [-0.4, -0.2) is 46.9 Å². The number of fused-ring (bicyclic) bond motifs is 1. The molecule has 1 aromatic carbocycles. The van der Waals surface area contributed by atoms with Gasteiger partial charge in [-0.2, -0.15) is 0 Å². The zero-order chi connectivity index (χ0) is 14.8. The summed E-state index contributed by atoms with van der Waals surface area (Å²) >= 11 is 3.40. The lowest BCUT2D eigenvalue weighted by Crippen LogP contribution is -2.54. The van der Waals surface area contributed by atoms with E-state index in [1.807, 2.05) is 6.07 Å². The third-order valence-electron chi connectivity index (χ3n) is 4.57. The third-order valence-corrected chi connectivity index (χ3v) is 5.49. The van der Waals surface area contributed by atoms with Gasteiger partial charge in [-0.05, 0) is 40.9 Å². The highest BCUT2D eigenvalue weighted by atomic mass is 79.9. The molecule has 1 aromatic rings. The molecule has 2 fully saturated rings. The van der Waals surface area contributed by atoms with E-state index in [2.05, 4.69) is 25.7 Å².